The molecule has 47 heavy (non-hydrogen) atoms. The Labute approximate surface area is 273 Å². The second-order valence-corrected chi connectivity index (χ2v) is 12.2. The highest BCUT2D eigenvalue weighted by Gasteiger charge is 2.47. The molecule has 0 bridgehead atoms. The smallest absolute Gasteiger partial charge is 0.419 e. The molecule has 1 saturated heterocycles. The summed E-state index contributed by atoms with van der Waals surface area (Å²) in [6, 6.07) is 5.80. The van der Waals surface area contributed by atoms with Crippen LogP contribution in [0.4, 0.5) is 4.79 Å². The molecule has 1 aromatic carbocycles. The molecule has 14 nitrogen and oxygen atoms in total. The SMILES string of the molecule is C=CCN(CC=C)[C@H](C#Cc1cn(C(=O)OC(C)(C)C)c2ccccc12)[C@H](O)[C@@H](O)[C@H](O[C@@H]1O[C@H](CO)[C@H](O)[C@H](O)[C@H]1O)[C@H](O)CO. The third-order valence-electron chi connectivity index (χ3n) is 7.49. The fourth-order valence-corrected chi connectivity index (χ4v) is 5.14. The number of rotatable bonds is 13. The van der Waals surface area contributed by atoms with E-state index in [1.165, 1.54) is 22.9 Å². The van der Waals surface area contributed by atoms with Crippen molar-refractivity contribution in [2.45, 2.75) is 87.5 Å². The van der Waals surface area contributed by atoms with E-state index in [1.54, 1.807) is 49.9 Å². The minimum atomic E-state index is -2.00. The van der Waals surface area contributed by atoms with Gasteiger partial charge in [0, 0.05) is 24.7 Å². The first-order valence-corrected chi connectivity index (χ1v) is 15.1. The molecule has 0 aliphatic carbocycles. The molecule has 0 spiro atoms. The van der Waals surface area contributed by atoms with Crippen molar-refractivity contribution in [3.8, 4) is 11.8 Å². The van der Waals surface area contributed by atoms with Gasteiger partial charge in [-0.3, -0.25) is 9.47 Å². The van der Waals surface area contributed by atoms with Crippen LogP contribution in [0.1, 0.15) is 26.3 Å². The third-order valence-corrected chi connectivity index (χ3v) is 7.49. The number of carbonyl (C=O) groups excluding carboxylic acids is 1. The quantitative estimate of drug-likeness (QED) is 0.0964. The summed E-state index contributed by atoms with van der Waals surface area (Å²) in [7, 11) is 0. The van der Waals surface area contributed by atoms with E-state index in [9.17, 15) is 45.6 Å². The first-order chi connectivity index (χ1) is 22.2. The fourth-order valence-electron chi connectivity index (χ4n) is 5.14. The van der Waals surface area contributed by atoms with E-state index < -0.39 is 86.1 Å². The molecular formula is C33H46N2O12. The van der Waals surface area contributed by atoms with Crippen LogP contribution in [0.15, 0.2) is 55.8 Å². The summed E-state index contributed by atoms with van der Waals surface area (Å²) in [4.78, 5) is 14.6. The standard InChI is InChI=1S/C33H46N2O12/c1-6-14-34(15-7-2)22(13-12-19-16-35(32(44)47-33(3,4)5)21-11-9-8-10-20(19)21)25(39)28(42)30(23(38)17-36)46-31-29(43)27(41)26(40)24(18-37)45-31/h6-11,16,22-31,36-43H,1-2,14-15,17-18H2,3-5H3/t22-,23-,24-,25+,26+,27+,28-,29-,30-,31+/m1/s1. The number of hydrogen-bond acceptors (Lipinski definition) is 13. The summed E-state index contributed by atoms with van der Waals surface area (Å²) in [6.45, 7) is 11.3. The third kappa shape index (κ3) is 9.26. The van der Waals surface area contributed by atoms with Crippen molar-refractivity contribution >= 4 is 17.0 Å². The second-order valence-electron chi connectivity index (χ2n) is 12.2. The lowest BCUT2D eigenvalue weighted by atomic mass is 9.95. The van der Waals surface area contributed by atoms with Crippen LogP contribution in [0.2, 0.25) is 0 Å². The topological polar surface area (TPSA) is 215 Å². The molecular weight excluding hydrogens is 616 g/mol. The van der Waals surface area contributed by atoms with Crippen molar-refractivity contribution in [3.63, 3.8) is 0 Å². The normalized spacial score (nSPS) is 24.9. The number of hydrogen-bond donors (Lipinski definition) is 8. The number of nitrogens with zero attached hydrogens (tertiary/aromatic N) is 2. The van der Waals surface area contributed by atoms with Crippen molar-refractivity contribution in [2.24, 2.45) is 0 Å². The summed E-state index contributed by atoms with van der Waals surface area (Å²) in [5, 5.41) is 84.2. The molecule has 0 unspecified atom stereocenters. The fraction of sp³-hybridized carbons (Fsp3) is 0.545. The van der Waals surface area contributed by atoms with Crippen molar-refractivity contribution < 1.29 is 59.9 Å². The summed E-state index contributed by atoms with van der Waals surface area (Å²) in [5.74, 6) is 5.94. The number of benzene rings is 1. The highest BCUT2D eigenvalue weighted by atomic mass is 16.7. The van der Waals surface area contributed by atoms with Gasteiger partial charge in [-0.05, 0) is 26.8 Å². The van der Waals surface area contributed by atoms with E-state index in [0.717, 1.165) is 0 Å². The molecule has 10 atom stereocenters. The Balaban J connectivity index is 2.03. The number of carbonyl (C=O) groups is 1. The second kappa shape index (κ2) is 16.8. The lowest BCUT2D eigenvalue weighted by molar-refractivity contribution is -0.327. The molecule has 14 heteroatoms. The number of fused-ring (bicyclic) bond motifs is 1. The minimum absolute atomic E-state index is 0.162. The largest absolute Gasteiger partial charge is 0.443 e. The maximum atomic E-state index is 13.0. The minimum Gasteiger partial charge on any atom is -0.443 e. The number of aromatic nitrogens is 1. The number of para-hydroxylation sites is 1. The van der Waals surface area contributed by atoms with Gasteiger partial charge in [0.05, 0.1) is 24.3 Å². The highest BCUT2D eigenvalue weighted by molar-refractivity contribution is 5.93. The Morgan fingerprint density at radius 2 is 1.68 bits per heavy atom. The van der Waals surface area contributed by atoms with Crippen LogP contribution in [0.5, 0.6) is 0 Å². The van der Waals surface area contributed by atoms with E-state index in [-0.39, 0.29) is 13.1 Å². The van der Waals surface area contributed by atoms with Crippen molar-refractivity contribution in [3.05, 3.63) is 61.3 Å². The molecule has 0 saturated carbocycles. The monoisotopic (exact) mass is 662 g/mol. The zero-order valence-corrected chi connectivity index (χ0v) is 26.7. The summed E-state index contributed by atoms with van der Waals surface area (Å²) < 4.78 is 17.8. The van der Waals surface area contributed by atoms with Gasteiger partial charge in [0.1, 0.15) is 60.5 Å². The summed E-state index contributed by atoms with van der Waals surface area (Å²) in [6.07, 6.45) is -12.1. The van der Waals surface area contributed by atoms with E-state index in [4.69, 9.17) is 14.2 Å². The molecule has 0 radical (unpaired) electrons. The first-order valence-electron chi connectivity index (χ1n) is 15.1. The van der Waals surface area contributed by atoms with Crippen LogP contribution in [0, 0.1) is 11.8 Å². The average molecular weight is 663 g/mol. The van der Waals surface area contributed by atoms with Gasteiger partial charge in [-0.1, -0.05) is 42.2 Å². The summed E-state index contributed by atoms with van der Waals surface area (Å²) >= 11 is 0. The number of aliphatic hydroxyl groups is 8. The van der Waals surface area contributed by atoms with Gasteiger partial charge in [-0.2, -0.15) is 0 Å². The lowest BCUT2D eigenvalue weighted by Crippen LogP contribution is -2.62. The van der Waals surface area contributed by atoms with Gasteiger partial charge in [0.15, 0.2) is 6.29 Å². The van der Waals surface area contributed by atoms with Gasteiger partial charge in [0.25, 0.3) is 0 Å². The molecule has 1 aromatic heterocycles. The molecule has 1 fully saturated rings. The molecule has 2 heterocycles. The van der Waals surface area contributed by atoms with Crippen LogP contribution in [-0.2, 0) is 14.2 Å². The summed E-state index contributed by atoms with van der Waals surface area (Å²) in [5.41, 5.74) is 0.166. The predicted molar refractivity (Wildman–Crippen MR) is 170 cm³/mol. The van der Waals surface area contributed by atoms with Crippen molar-refractivity contribution in [1.29, 1.82) is 0 Å². The molecule has 1 aliphatic heterocycles. The van der Waals surface area contributed by atoms with E-state index in [1.807, 2.05) is 0 Å². The number of aliphatic hydroxyl groups excluding tert-OH is 8. The van der Waals surface area contributed by atoms with E-state index in [0.29, 0.717) is 16.5 Å². The maximum absolute atomic E-state index is 13.0. The van der Waals surface area contributed by atoms with Crippen molar-refractivity contribution in [2.75, 3.05) is 26.3 Å². The number of ether oxygens (including phenoxy) is 3. The molecule has 260 valence electrons. The highest BCUT2D eigenvalue weighted by Crippen LogP contribution is 2.27. The first kappa shape index (κ1) is 38.3. The van der Waals surface area contributed by atoms with Crippen molar-refractivity contribution in [1.82, 2.24) is 9.47 Å². The Hall–Kier alpha value is -3.17. The molecule has 3 rings (SSSR count). The van der Waals surface area contributed by atoms with Crippen LogP contribution in [0.3, 0.4) is 0 Å². The van der Waals surface area contributed by atoms with Gasteiger partial charge in [0.2, 0.25) is 0 Å². The maximum Gasteiger partial charge on any atom is 0.419 e. The molecule has 1 aliphatic rings. The van der Waals surface area contributed by atoms with Gasteiger partial charge in [-0.25, -0.2) is 4.79 Å². The molecule has 8 N–H and O–H groups in total. The van der Waals surface area contributed by atoms with E-state index in [2.05, 4.69) is 25.0 Å². The van der Waals surface area contributed by atoms with Crippen LogP contribution < -0.4 is 0 Å². The lowest BCUT2D eigenvalue weighted by Gasteiger charge is -2.43. The van der Waals surface area contributed by atoms with E-state index >= 15 is 0 Å². The average Bonchev–Trinajstić information content (AvgIpc) is 3.41. The van der Waals surface area contributed by atoms with Gasteiger partial charge < -0.3 is 55.1 Å². The Morgan fingerprint density at radius 1 is 1.04 bits per heavy atom. The van der Waals surface area contributed by atoms with Crippen LogP contribution in [-0.4, -0.2) is 149 Å². The Kier molecular flexibility index (Phi) is 13.7. The molecule has 2 aromatic rings. The zero-order valence-electron chi connectivity index (χ0n) is 26.7. The van der Waals surface area contributed by atoms with Gasteiger partial charge >= 0.3 is 6.09 Å². The predicted octanol–water partition coefficient (Wildman–Crippen LogP) is -0.921. The van der Waals surface area contributed by atoms with Gasteiger partial charge in [-0.15, -0.1) is 13.2 Å². The van der Waals surface area contributed by atoms with Crippen LogP contribution >= 0.6 is 0 Å². The van der Waals surface area contributed by atoms with Crippen LogP contribution in [0.25, 0.3) is 10.9 Å². The molecule has 0 amide bonds. The Morgan fingerprint density at radius 3 is 2.26 bits per heavy atom. The zero-order chi connectivity index (χ0) is 35.1. The Bertz CT molecular complexity index is 1400.